The summed E-state index contributed by atoms with van der Waals surface area (Å²) < 4.78 is 10.3. The molecule has 5 nitrogen and oxygen atoms in total. The van der Waals surface area contributed by atoms with Crippen molar-refractivity contribution in [1.29, 1.82) is 0 Å². The summed E-state index contributed by atoms with van der Waals surface area (Å²) in [6.45, 7) is 0.422. The van der Waals surface area contributed by atoms with Gasteiger partial charge in [0.25, 0.3) is 5.91 Å². The lowest BCUT2D eigenvalue weighted by Gasteiger charge is -2.10. The molecule has 0 saturated carbocycles. The Balaban J connectivity index is 1.95. The number of benzene rings is 2. The molecule has 0 aromatic heterocycles. The fourth-order valence-corrected chi connectivity index (χ4v) is 2.09. The number of nitrogens with two attached hydrogens (primary N) is 1. The Bertz CT molecular complexity index is 644. The number of hydrogen-bond donors (Lipinski definition) is 2. The molecule has 0 fully saturated rings. The number of methoxy groups -OCH3 is 1. The molecule has 0 aliphatic rings. The zero-order valence-electron chi connectivity index (χ0n) is 12.1. The van der Waals surface area contributed by atoms with Gasteiger partial charge in [0.1, 0.15) is 11.5 Å². The van der Waals surface area contributed by atoms with Crippen LogP contribution < -0.4 is 20.5 Å². The highest BCUT2D eigenvalue weighted by Gasteiger charge is 2.05. The SMILES string of the molecule is COc1ccc(NCc2ccc(OCC(N)=O)c(Cl)c2)cc1. The predicted octanol–water partition coefficient (Wildman–Crippen LogP) is 2.82. The van der Waals surface area contributed by atoms with E-state index < -0.39 is 5.91 Å². The van der Waals surface area contributed by atoms with Gasteiger partial charge in [-0.2, -0.15) is 0 Å². The van der Waals surface area contributed by atoms with Crippen molar-refractivity contribution in [3.63, 3.8) is 0 Å². The van der Waals surface area contributed by atoms with E-state index >= 15 is 0 Å². The molecule has 0 aliphatic carbocycles. The quantitative estimate of drug-likeness (QED) is 0.822. The van der Waals surface area contributed by atoms with Gasteiger partial charge in [-0.1, -0.05) is 17.7 Å². The molecular weight excluding hydrogens is 304 g/mol. The molecule has 0 unspecified atom stereocenters. The van der Waals surface area contributed by atoms with Gasteiger partial charge in [-0.3, -0.25) is 4.79 Å². The number of amides is 1. The van der Waals surface area contributed by atoms with E-state index in [0.717, 1.165) is 17.0 Å². The first-order valence-electron chi connectivity index (χ1n) is 6.66. The van der Waals surface area contributed by atoms with Gasteiger partial charge >= 0.3 is 0 Å². The van der Waals surface area contributed by atoms with Crippen molar-refractivity contribution in [2.45, 2.75) is 6.54 Å². The minimum Gasteiger partial charge on any atom is -0.497 e. The lowest BCUT2D eigenvalue weighted by molar-refractivity contribution is -0.119. The molecule has 0 heterocycles. The Morgan fingerprint density at radius 1 is 1.23 bits per heavy atom. The largest absolute Gasteiger partial charge is 0.497 e. The summed E-state index contributed by atoms with van der Waals surface area (Å²) >= 11 is 6.11. The van der Waals surface area contributed by atoms with Gasteiger partial charge in [-0.05, 0) is 42.0 Å². The van der Waals surface area contributed by atoms with E-state index in [4.69, 9.17) is 26.8 Å². The second kappa shape index (κ2) is 7.56. The van der Waals surface area contributed by atoms with E-state index in [-0.39, 0.29) is 6.61 Å². The maximum atomic E-state index is 10.7. The van der Waals surface area contributed by atoms with Gasteiger partial charge in [-0.25, -0.2) is 0 Å². The lowest BCUT2D eigenvalue weighted by atomic mass is 10.2. The maximum absolute atomic E-state index is 10.7. The van der Waals surface area contributed by atoms with E-state index in [1.807, 2.05) is 30.3 Å². The molecule has 0 radical (unpaired) electrons. The number of carbonyl (C=O) groups excluding carboxylic acids is 1. The molecule has 2 aromatic carbocycles. The Hall–Kier alpha value is -2.40. The Labute approximate surface area is 134 Å². The number of halogens is 1. The minimum absolute atomic E-state index is 0.191. The van der Waals surface area contributed by atoms with Crippen LogP contribution in [0.15, 0.2) is 42.5 Å². The summed E-state index contributed by atoms with van der Waals surface area (Å²) in [6, 6.07) is 13.0. The smallest absolute Gasteiger partial charge is 0.255 e. The monoisotopic (exact) mass is 320 g/mol. The van der Waals surface area contributed by atoms with Crippen molar-refractivity contribution in [3.05, 3.63) is 53.1 Å². The number of ether oxygens (including phenoxy) is 2. The zero-order valence-corrected chi connectivity index (χ0v) is 12.9. The summed E-state index contributed by atoms with van der Waals surface area (Å²) in [6.07, 6.45) is 0. The highest BCUT2D eigenvalue weighted by molar-refractivity contribution is 6.32. The Morgan fingerprint density at radius 2 is 1.95 bits per heavy atom. The molecule has 0 aliphatic heterocycles. The van der Waals surface area contributed by atoms with Crippen LogP contribution in [0.1, 0.15) is 5.56 Å². The predicted molar refractivity (Wildman–Crippen MR) is 86.5 cm³/mol. The fourth-order valence-electron chi connectivity index (χ4n) is 1.83. The van der Waals surface area contributed by atoms with Crippen LogP contribution in [0.2, 0.25) is 5.02 Å². The number of hydrogen-bond acceptors (Lipinski definition) is 4. The number of nitrogens with one attached hydrogen (secondary N) is 1. The molecule has 0 saturated heterocycles. The first kappa shape index (κ1) is 16.0. The van der Waals surface area contributed by atoms with Crippen LogP contribution in [0.25, 0.3) is 0 Å². The zero-order chi connectivity index (χ0) is 15.9. The molecule has 22 heavy (non-hydrogen) atoms. The van der Waals surface area contributed by atoms with E-state index in [9.17, 15) is 4.79 Å². The van der Waals surface area contributed by atoms with E-state index in [1.54, 1.807) is 19.2 Å². The summed E-state index contributed by atoms with van der Waals surface area (Å²) in [4.78, 5) is 10.7. The van der Waals surface area contributed by atoms with E-state index in [1.165, 1.54) is 0 Å². The molecule has 3 N–H and O–H groups in total. The number of carbonyl (C=O) groups is 1. The van der Waals surface area contributed by atoms with E-state index in [0.29, 0.717) is 17.3 Å². The van der Waals surface area contributed by atoms with Gasteiger partial charge in [0.2, 0.25) is 0 Å². The lowest BCUT2D eigenvalue weighted by Crippen LogP contribution is -2.20. The molecule has 0 atom stereocenters. The van der Waals surface area contributed by atoms with Crippen LogP contribution in [0, 0.1) is 0 Å². The first-order valence-corrected chi connectivity index (χ1v) is 7.03. The summed E-state index contributed by atoms with van der Waals surface area (Å²) in [5.74, 6) is 0.708. The van der Waals surface area contributed by atoms with Crippen LogP contribution in [0.3, 0.4) is 0 Å². The van der Waals surface area contributed by atoms with E-state index in [2.05, 4.69) is 5.32 Å². The standard InChI is InChI=1S/C16H17ClN2O3/c1-21-13-5-3-12(4-6-13)19-9-11-2-7-15(14(17)8-11)22-10-16(18)20/h2-8,19H,9-10H2,1H3,(H2,18,20). The summed E-state index contributed by atoms with van der Waals surface area (Å²) in [7, 11) is 1.63. The third kappa shape index (κ3) is 4.56. The molecule has 1 amide bonds. The molecule has 0 bridgehead atoms. The van der Waals surface area contributed by atoms with Crippen LogP contribution >= 0.6 is 11.6 Å². The Kier molecular flexibility index (Phi) is 5.49. The number of primary amides is 1. The van der Waals surface area contributed by atoms with Gasteiger partial charge in [0.05, 0.1) is 12.1 Å². The van der Waals surface area contributed by atoms with Crippen molar-refractivity contribution in [2.24, 2.45) is 5.73 Å². The fraction of sp³-hybridized carbons (Fsp3) is 0.188. The normalized spacial score (nSPS) is 10.1. The van der Waals surface area contributed by atoms with Gasteiger partial charge in [0, 0.05) is 12.2 Å². The van der Waals surface area contributed by atoms with Gasteiger partial charge < -0.3 is 20.5 Å². The second-order valence-electron chi connectivity index (χ2n) is 4.60. The summed E-state index contributed by atoms with van der Waals surface area (Å²) in [5, 5.41) is 3.72. The Morgan fingerprint density at radius 3 is 2.55 bits per heavy atom. The average Bonchev–Trinajstić information content (AvgIpc) is 2.52. The highest BCUT2D eigenvalue weighted by Crippen LogP contribution is 2.26. The van der Waals surface area contributed by atoms with Crippen molar-refractivity contribution in [3.8, 4) is 11.5 Å². The van der Waals surface area contributed by atoms with Crippen LogP contribution in [-0.2, 0) is 11.3 Å². The average molecular weight is 321 g/mol. The second-order valence-corrected chi connectivity index (χ2v) is 5.01. The van der Waals surface area contributed by atoms with Gasteiger partial charge in [0.15, 0.2) is 6.61 Å². The van der Waals surface area contributed by atoms with Crippen LogP contribution in [-0.4, -0.2) is 19.6 Å². The first-order chi connectivity index (χ1) is 10.6. The number of rotatable bonds is 7. The van der Waals surface area contributed by atoms with Crippen molar-refractivity contribution in [1.82, 2.24) is 0 Å². The van der Waals surface area contributed by atoms with Crippen molar-refractivity contribution >= 4 is 23.2 Å². The number of anilines is 1. The highest BCUT2D eigenvalue weighted by atomic mass is 35.5. The molecule has 2 aromatic rings. The maximum Gasteiger partial charge on any atom is 0.255 e. The van der Waals surface area contributed by atoms with Crippen LogP contribution in [0.5, 0.6) is 11.5 Å². The molecular formula is C16H17ClN2O3. The molecule has 6 heteroatoms. The minimum atomic E-state index is -0.540. The molecule has 0 spiro atoms. The van der Waals surface area contributed by atoms with Gasteiger partial charge in [-0.15, -0.1) is 0 Å². The third-order valence-corrected chi connectivity index (χ3v) is 3.25. The molecule has 2 rings (SSSR count). The molecule has 116 valence electrons. The summed E-state index contributed by atoms with van der Waals surface area (Å²) in [5.41, 5.74) is 7.00. The third-order valence-electron chi connectivity index (χ3n) is 2.95. The van der Waals surface area contributed by atoms with Crippen molar-refractivity contribution < 1.29 is 14.3 Å². The topological polar surface area (TPSA) is 73.6 Å². The van der Waals surface area contributed by atoms with Crippen LogP contribution in [0.4, 0.5) is 5.69 Å². The van der Waals surface area contributed by atoms with Crippen molar-refractivity contribution in [2.75, 3.05) is 19.0 Å².